The second-order valence-electron chi connectivity index (χ2n) is 4.79. The molecule has 0 amide bonds. The first-order valence-corrected chi connectivity index (χ1v) is 5.98. The lowest BCUT2D eigenvalue weighted by Crippen LogP contribution is -2.40. The van der Waals surface area contributed by atoms with Crippen LogP contribution in [0.1, 0.15) is 28.5 Å². The summed E-state index contributed by atoms with van der Waals surface area (Å²) in [6.45, 7) is -0.470. The minimum Gasteiger partial charge on any atom is -0.464 e. The first-order valence-electron chi connectivity index (χ1n) is 5.98. The molecule has 1 fully saturated rings. The highest BCUT2D eigenvalue weighted by Gasteiger charge is 2.48. The number of halogens is 2. The van der Waals surface area contributed by atoms with Crippen molar-refractivity contribution < 1.29 is 18.3 Å². The van der Waals surface area contributed by atoms with Gasteiger partial charge >= 0.3 is 5.97 Å². The molecular formula is C12H12F2N4O2. The molecule has 1 aromatic heterocycles. The van der Waals surface area contributed by atoms with Crippen LogP contribution in [0.3, 0.4) is 0 Å². The Bertz CT molecular complexity index is 617. The van der Waals surface area contributed by atoms with Crippen LogP contribution in [0.2, 0.25) is 0 Å². The number of ether oxygens (including phenoxy) is 1. The Morgan fingerprint density at radius 3 is 3.05 bits per heavy atom. The number of methoxy groups -OCH3 is 1. The Labute approximate surface area is 113 Å². The van der Waals surface area contributed by atoms with Crippen LogP contribution >= 0.6 is 0 Å². The molecule has 8 heteroatoms. The van der Waals surface area contributed by atoms with Crippen molar-refractivity contribution in [2.75, 3.05) is 13.7 Å². The first-order chi connectivity index (χ1) is 9.41. The van der Waals surface area contributed by atoms with Crippen molar-refractivity contribution in [1.29, 1.82) is 0 Å². The number of nitrogens with two attached hydrogens (primary N) is 1. The lowest BCUT2D eigenvalue weighted by atomic mass is 10.0. The summed E-state index contributed by atoms with van der Waals surface area (Å²) in [4.78, 5) is 20.8. The summed E-state index contributed by atoms with van der Waals surface area (Å²) in [7, 11) is 1.23. The number of alkyl halides is 2. The number of hydrogen-bond acceptors (Lipinski definition) is 6. The van der Waals surface area contributed by atoms with Crippen molar-refractivity contribution in [2.45, 2.75) is 18.4 Å². The van der Waals surface area contributed by atoms with Crippen LogP contribution in [-0.2, 0) is 4.74 Å². The number of nitrogens with zero attached hydrogens (tertiary/aromatic N) is 3. The number of aliphatic imine (C=N–C) groups is 1. The maximum Gasteiger partial charge on any atom is 0.356 e. The Balaban J connectivity index is 2.08. The zero-order valence-electron chi connectivity index (χ0n) is 10.6. The van der Waals surface area contributed by atoms with E-state index in [0.717, 1.165) is 0 Å². The van der Waals surface area contributed by atoms with Crippen LogP contribution in [0.5, 0.6) is 0 Å². The fourth-order valence-electron chi connectivity index (χ4n) is 2.56. The summed E-state index contributed by atoms with van der Waals surface area (Å²) in [6.07, 6.45) is 0.989. The molecule has 0 unspecified atom stereocenters. The summed E-state index contributed by atoms with van der Waals surface area (Å²) in [5.74, 6) is -3.40. The van der Waals surface area contributed by atoms with Crippen LogP contribution in [0, 0.1) is 0 Å². The molecule has 0 spiro atoms. The topological polar surface area (TPSA) is 80.8 Å². The number of guanidine groups is 1. The van der Waals surface area contributed by atoms with Crippen molar-refractivity contribution in [1.82, 2.24) is 9.88 Å². The third-order valence-electron chi connectivity index (χ3n) is 3.47. The lowest BCUT2D eigenvalue weighted by Gasteiger charge is -2.29. The number of rotatable bonds is 1. The zero-order chi connectivity index (χ0) is 14.5. The van der Waals surface area contributed by atoms with Gasteiger partial charge in [0.1, 0.15) is 5.69 Å². The monoisotopic (exact) mass is 282 g/mol. The summed E-state index contributed by atoms with van der Waals surface area (Å²) < 4.78 is 31.7. The molecule has 2 aliphatic heterocycles. The number of pyridine rings is 1. The second kappa shape index (κ2) is 4.12. The van der Waals surface area contributed by atoms with Crippen LogP contribution in [0.25, 0.3) is 0 Å². The zero-order valence-corrected chi connectivity index (χ0v) is 10.6. The average molecular weight is 282 g/mol. The van der Waals surface area contributed by atoms with Gasteiger partial charge in [0, 0.05) is 12.0 Å². The molecule has 0 radical (unpaired) electrons. The highest BCUT2D eigenvalue weighted by atomic mass is 19.3. The Morgan fingerprint density at radius 2 is 2.35 bits per heavy atom. The highest BCUT2D eigenvalue weighted by Crippen LogP contribution is 2.45. The third-order valence-corrected chi connectivity index (χ3v) is 3.47. The molecule has 1 aromatic rings. The molecule has 2 N–H and O–H groups in total. The molecule has 0 bridgehead atoms. The second-order valence-corrected chi connectivity index (χ2v) is 4.79. The maximum atomic E-state index is 13.6. The summed E-state index contributed by atoms with van der Waals surface area (Å²) in [5, 5.41) is 0. The van der Waals surface area contributed by atoms with Crippen molar-refractivity contribution in [3.05, 3.63) is 23.5 Å². The van der Waals surface area contributed by atoms with E-state index >= 15 is 0 Å². The smallest absolute Gasteiger partial charge is 0.356 e. The minimum atomic E-state index is -2.83. The Hall–Kier alpha value is -2.25. The van der Waals surface area contributed by atoms with Gasteiger partial charge in [-0.1, -0.05) is 0 Å². The SMILES string of the molecule is COC(=O)c1cc2c(cn1)N=C(N)N1CC(F)(F)C[C@@H]21. The molecule has 2 aliphatic rings. The van der Waals surface area contributed by atoms with E-state index in [2.05, 4.69) is 14.7 Å². The standard InChI is InChI=1S/C12H12F2N4O2/c1-20-10(19)7-2-6-8(4-16-7)17-11(15)18-5-12(13,14)3-9(6)18/h2,4,9H,3,5H2,1H3,(H2,15,17)/t9-/m0/s1. The summed E-state index contributed by atoms with van der Waals surface area (Å²) in [6, 6.07) is 0.847. The molecular weight excluding hydrogens is 270 g/mol. The first kappa shape index (κ1) is 12.8. The normalized spacial score (nSPS) is 22.9. The van der Waals surface area contributed by atoms with Gasteiger partial charge in [0.15, 0.2) is 5.96 Å². The molecule has 20 heavy (non-hydrogen) atoms. The number of aromatic nitrogens is 1. The maximum absolute atomic E-state index is 13.6. The quantitative estimate of drug-likeness (QED) is 0.783. The number of carbonyl (C=O) groups is 1. The van der Waals surface area contributed by atoms with Gasteiger partial charge in [0.25, 0.3) is 5.92 Å². The fraction of sp³-hybridized carbons (Fsp3) is 0.417. The average Bonchev–Trinajstić information content (AvgIpc) is 2.74. The van der Waals surface area contributed by atoms with Crippen LogP contribution in [0.15, 0.2) is 17.3 Å². The molecule has 0 aromatic carbocycles. The van der Waals surface area contributed by atoms with Gasteiger partial charge < -0.3 is 15.4 Å². The third kappa shape index (κ3) is 1.87. The van der Waals surface area contributed by atoms with Gasteiger partial charge in [-0.05, 0) is 6.07 Å². The van der Waals surface area contributed by atoms with Crippen LogP contribution in [-0.4, -0.2) is 41.4 Å². The molecule has 1 atom stereocenters. The predicted octanol–water partition coefficient (Wildman–Crippen LogP) is 1.21. The van der Waals surface area contributed by atoms with E-state index in [-0.39, 0.29) is 18.1 Å². The van der Waals surface area contributed by atoms with Crippen LogP contribution in [0.4, 0.5) is 14.5 Å². The number of hydrogen-bond donors (Lipinski definition) is 1. The van der Waals surface area contributed by atoms with Gasteiger partial charge in [0.2, 0.25) is 0 Å². The fourth-order valence-corrected chi connectivity index (χ4v) is 2.56. The molecule has 3 heterocycles. The number of carbonyl (C=O) groups excluding carboxylic acids is 1. The minimum absolute atomic E-state index is 0.0484. The largest absolute Gasteiger partial charge is 0.464 e. The van der Waals surface area contributed by atoms with E-state index in [1.807, 2.05) is 0 Å². The molecule has 6 nitrogen and oxygen atoms in total. The molecule has 3 rings (SSSR count). The summed E-state index contributed by atoms with van der Waals surface area (Å²) in [5.41, 5.74) is 6.70. The summed E-state index contributed by atoms with van der Waals surface area (Å²) >= 11 is 0. The molecule has 1 saturated heterocycles. The van der Waals surface area contributed by atoms with Gasteiger partial charge in [-0.15, -0.1) is 0 Å². The van der Waals surface area contributed by atoms with E-state index < -0.39 is 24.5 Å². The predicted molar refractivity (Wildman–Crippen MR) is 65.9 cm³/mol. The van der Waals surface area contributed by atoms with Gasteiger partial charge in [0.05, 0.1) is 31.6 Å². The van der Waals surface area contributed by atoms with Crippen LogP contribution < -0.4 is 5.73 Å². The number of fused-ring (bicyclic) bond motifs is 3. The van der Waals surface area contributed by atoms with E-state index in [9.17, 15) is 13.6 Å². The van der Waals surface area contributed by atoms with E-state index in [1.54, 1.807) is 0 Å². The number of esters is 1. The molecule has 0 aliphatic carbocycles. The van der Waals surface area contributed by atoms with Crippen molar-refractivity contribution >= 4 is 17.6 Å². The Morgan fingerprint density at radius 1 is 1.60 bits per heavy atom. The van der Waals surface area contributed by atoms with E-state index in [4.69, 9.17) is 5.73 Å². The van der Waals surface area contributed by atoms with Gasteiger partial charge in [-0.3, -0.25) is 0 Å². The van der Waals surface area contributed by atoms with Crippen molar-refractivity contribution in [3.8, 4) is 0 Å². The Kier molecular flexibility index (Phi) is 2.63. The molecule has 106 valence electrons. The van der Waals surface area contributed by atoms with Crippen molar-refractivity contribution in [3.63, 3.8) is 0 Å². The molecule has 0 saturated carbocycles. The van der Waals surface area contributed by atoms with E-state index in [1.165, 1.54) is 24.3 Å². The van der Waals surface area contributed by atoms with Gasteiger partial charge in [-0.25, -0.2) is 23.6 Å². The van der Waals surface area contributed by atoms with E-state index in [0.29, 0.717) is 11.3 Å². The lowest BCUT2D eigenvalue weighted by molar-refractivity contribution is 0.0164. The van der Waals surface area contributed by atoms with Crippen molar-refractivity contribution in [2.24, 2.45) is 10.7 Å². The highest BCUT2D eigenvalue weighted by molar-refractivity contribution is 5.89. The van der Waals surface area contributed by atoms with Gasteiger partial charge in [-0.2, -0.15) is 0 Å².